The molecule has 0 fully saturated rings. The van der Waals surface area contributed by atoms with E-state index in [1.54, 1.807) is 21.2 Å². The number of ether oxygens (including phenoxy) is 2. The standard InChI is InChI=1S/C14H17NO3/c1-15(2)14(16)18-13-6-4-5-10-9-11(17-3)7-8-12(10)13/h6-9H,4-5H2,1-3H3. The monoisotopic (exact) mass is 247 g/mol. The van der Waals surface area contributed by atoms with Gasteiger partial charge in [-0.3, -0.25) is 0 Å². The molecule has 0 saturated heterocycles. The van der Waals surface area contributed by atoms with E-state index in [0.717, 1.165) is 29.7 Å². The predicted molar refractivity (Wildman–Crippen MR) is 69.5 cm³/mol. The van der Waals surface area contributed by atoms with Crippen LogP contribution in [0.2, 0.25) is 0 Å². The topological polar surface area (TPSA) is 38.8 Å². The van der Waals surface area contributed by atoms with Crippen LogP contribution in [0.4, 0.5) is 4.79 Å². The second-order valence-corrected chi connectivity index (χ2v) is 4.39. The van der Waals surface area contributed by atoms with Gasteiger partial charge in [-0.2, -0.15) is 0 Å². The highest BCUT2D eigenvalue weighted by Crippen LogP contribution is 2.30. The first-order chi connectivity index (χ1) is 8.61. The summed E-state index contributed by atoms with van der Waals surface area (Å²) in [6.45, 7) is 0. The third kappa shape index (κ3) is 2.47. The molecule has 1 aromatic carbocycles. The maximum atomic E-state index is 11.6. The average molecular weight is 247 g/mol. The summed E-state index contributed by atoms with van der Waals surface area (Å²) in [5.74, 6) is 1.46. The molecule has 96 valence electrons. The van der Waals surface area contributed by atoms with Crippen LogP contribution in [0.1, 0.15) is 17.5 Å². The van der Waals surface area contributed by atoms with Crippen molar-refractivity contribution in [2.45, 2.75) is 12.8 Å². The van der Waals surface area contributed by atoms with Crippen LogP contribution in [0.3, 0.4) is 0 Å². The number of nitrogens with zero attached hydrogens (tertiary/aromatic N) is 1. The number of allylic oxidation sites excluding steroid dienone is 1. The van der Waals surface area contributed by atoms with Crippen molar-refractivity contribution in [2.24, 2.45) is 0 Å². The summed E-state index contributed by atoms with van der Waals surface area (Å²) in [5, 5.41) is 0. The lowest BCUT2D eigenvalue weighted by Gasteiger charge is -2.19. The highest BCUT2D eigenvalue weighted by Gasteiger charge is 2.18. The van der Waals surface area contributed by atoms with E-state index in [1.165, 1.54) is 4.90 Å². The number of fused-ring (bicyclic) bond motifs is 1. The Morgan fingerprint density at radius 1 is 1.33 bits per heavy atom. The quantitative estimate of drug-likeness (QED) is 0.806. The van der Waals surface area contributed by atoms with E-state index in [0.29, 0.717) is 5.76 Å². The minimum Gasteiger partial charge on any atom is -0.497 e. The Morgan fingerprint density at radius 2 is 2.11 bits per heavy atom. The lowest BCUT2D eigenvalue weighted by Crippen LogP contribution is -2.22. The van der Waals surface area contributed by atoms with Gasteiger partial charge in [0.05, 0.1) is 7.11 Å². The summed E-state index contributed by atoms with van der Waals surface area (Å²) < 4.78 is 10.6. The van der Waals surface area contributed by atoms with Crippen molar-refractivity contribution in [3.63, 3.8) is 0 Å². The fourth-order valence-corrected chi connectivity index (χ4v) is 1.89. The van der Waals surface area contributed by atoms with Crippen molar-refractivity contribution in [3.05, 3.63) is 35.4 Å². The first-order valence-electron chi connectivity index (χ1n) is 5.88. The third-order valence-corrected chi connectivity index (χ3v) is 2.88. The molecule has 1 aliphatic rings. The molecule has 4 nitrogen and oxygen atoms in total. The van der Waals surface area contributed by atoms with E-state index in [-0.39, 0.29) is 6.09 Å². The Kier molecular flexibility index (Phi) is 3.55. The molecule has 1 amide bonds. The van der Waals surface area contributed by atoms with Crippen LogP contribution in [-0.4, -0.2) is 32.2 Å². The van der Waals surface area contributed by atoms with Crippen molar-refractivity contribution in [1.82, 2.24) is 4.90 Å². The number of rotatable bonds is 2. The largest absolute Gasteiger partial charge is 0.497 e. The molecular weight excluding hydrogens is 230 g/mol. The van der Waals surface area contributed by atoms with Gasteiger partial charge >= 0.3 is 6.09 Å². The maximum absolute atomic E-state index is 11.6. The Morgan fingerprint density at radius 3 is 2.78 bits per heavy atom. The maximum Gasteiger partial charge on any atom is 0.414 e. The Hall–Kier alpha value is -1.97. The zero-order chi connectivity index (χ0) is 13.1. The van der Waals surface area contributed by atoms with Crippen molar-refractivity contribution >= 4 is 11.9 Å². The predicted octanol–water partition coefficient (Wildman–Crippen LogP) is 2.68. The molecule has 18 heavy (non-hydrogen) atoms. The van der Waals surface area contributed by atoms with Crippen molar-refractivity contribution in [1.29, 1.82) is 0 Å². The van der Waals surface area contributed by atoms with Crippen LogP contribution in [0.25, 0.3) is 5.76 Å². The molecule has 0 heterocycles. The SMILES string of the molecule is COc1ccc2c(c1)CCC=C2OC(=O)N(C)C. The fourth-order valence-electron chi connectivity index (χ4n) is 1.89. The van der Waals surface area contributed by atoms with Crippen molar-refractivity contribution in [3.8, 4) is 5.75 Å². The summed E-state index contributed by atoms with van der Waals surface area (Å²) >= 11 is 0. The third-order valence-electron chi connectivity index (χ3n) is 2.88. The zero-order valence-corrected chi connectivity index (χ0v) is 10.9. The summed E-state index contributed by atoms with van der Waals surface area (Å²) in [7, 11) is 4.98. The van der Waals surface area contributed by atoms with Crippen LogP contribution in [0.5, 0.6) is 5.75 Å². The summed E-state index contributed by atoms with van der Waals surface area (Å²) in [6, 6.07) is 5.80. The first-order valence-corrected chi connectivity index (χ1v) is 5.88. The highest BCUT2D eigenvalue weighted by atomic mass is 16.6. The second-order valence-electron chi connectivity index (χ2n) is 4.39. The van der Waals surface area contributed by atoms with E-state index >= 15 is 0 Å². The minimum atomic E-state index is -0.357. The van der Waals surface area contributed by atoms with E-state index in [2.05, 4.69) is 0 Å². The number of amides is 1. The molecule has 1 aliphatic carbocycles. The molecule has 0 unspecified atom stereocenters. The Labute approximate surface area is 107 Å². The number of carbonyl (C=O) groups excluding carboxylic acids is 1. The summed E-state index contributed by atoms with van der Waals surface area (Å²) in [6.07, 6.45) is 3.41. The first kappa shape index (κ1) is 12.5. The number of aryl methyl sites for hydroxylation is 1. The molecule has 0 spiro atoms. The molecule has 4 heteroatoms. The van der Waals surface area contributed by atoms with E-state index in [1.807, 2.05) is 24.3 Å². The van der Waals surface area contributed by atoms with Gasteiger partial charge in [-0.1, -0.05) is 0 Å². The highest BCUT2D eigenvalue weighted by molar-refractivity contribution is 5.78. The van der Waals surface area contributed by atoms with Gasteiger partial charge < -0.3 is 14.4 Å². The van der Waals surface area contributed by atoms with Gasteiger partial charge in [0.2, 0.25) is 0 Å². The van der Waals surface area contributed by atoms with Crippen LogP contribution < -0.4 is 4.74 Å². The Balaban J connectivity index is 2.26. The molecular formula is C14H17NO3. The second kappa shape index (κ2) is 5.12. The van der Waals surface area contributed by atoms with E-state index in [9.17, 15) is 4.79 Å². The van der Waals surface area contributed by atoms with Gasteiger partial charge in [-0.15, -0.1) is 0 Å². The van der Waals surface area contributed by atoms with Crippen molar-refractivity contribution in [2.75, 3.05) is 21.2 Å². The number of methoxy groups -OCH3 is 1. The molecule has 0 bridgehead atoms. The van der Waals surface area contributed by atoms with E-state index < -0.39 is 0 Å². The van der Waals surface area contributed by atoms with Gasteiger partial charge in [0.1, 0.15) is 11.5 Å². The fraction of sp³-hybridized carbons (Fsp3) is 0.357. The van der Waals surface area contributed by atoms with Gasteiger partial charge in [0.25, 0.3) is 0 Å². The molecule has 0 aliphatic heterocycles. The van der Waals surface area contributed by atoms with Crippen LogP contribution in [0, 0.1) is 0 Å². The minimum absolute atomic E-state index is 0.357. The molecule has 0 aromatic heterocycles. The molecule has 0 N–H and O–H groups in total. The smallest absolute Gasteiger partial charge is 0.414 e. The lowest BCUT2D eigenvalue weighted by molar-refractivity contribution is 0.162. The van der Waals surface area contributed by atoms with E-state index in [4.69, 9.17) is 9.47 Å². The molecule has 2 rings (SSSR count). The number of carbonyl (C=O) groups is 1. The normalized spacial score (nSPS) is 13.4. The number of hydrogen-bond donors (Lipinski definition) is 0. The molecule has 0 radical (unpaired) electrons. The lowest BCUT2D eigenvalue weighted by atomic mass is 9.95. The number of benzene rings is 1. The summed E-state index contributed by atoms with van der Waals surface area (Å²) in [4.78, 5) is 13.0. The van der Waals surface area contributed by atoms with Crippen LogP contribution in [-0.2, 0) is 11.2 Å². The van der Waals surface area contributed by atoms with Gasteiger partial charge in [0.15, 0.2) is 0 Å². The van der Waals surface area contributed by atoms with Crippen LogP contribution >= 0.6 is 0 Å². The van der Waals surface area contributed by atoms with Crippen LogP contribution in [0.15, 0.2) is 24.3 Å². The molecule has 0 saturated carbocycles. The zero-order valence-electron chi connectivity index (χ0n) is 10.9. The number of hydrogen-bond acceptors (Lipinski definition) is 3. The Bertz CT molecular complexity index is 492. The molecule has 0 atom stereocenters. The summed E-state index contributed by atoms with van der Waals surface area (Å²) in [5.41, 5.74) is 2.12. The van der Waals surface area contributed by atoms with Crippen molar-refractivity contribution < 1.29 is 14.3 Å². The van der Waals surface area contributed by atoms with Gasteiger partial charge in [0, 0.05) is 19.7 Å². The molecule has 1 aromatic rings. The average Bonchev–Trinajstić information content (AvgIpc) is 2.38. The van der Waals surface area contributed by atoms with Gasteiger partial charge in [-0.05, 0) is 42.7 Å². The van der Waals surface area contributed by atoms with Gasteiger partial charge in [-0.25, -0.2) is 4.79 Å².